The van der Waals surface area contributed by atoms with Crippen molar-refractivity contribution in [2.75, 3.05) is 7.05 Å². The van der Waals surface area contributed by atoms with Gasteiger partial charge in [-0.25, -0.2) is 18.1 Å². The minimum Gasteiger partial charge on any atom is -0.459 e. The molecule has 0 spiro atoms. The first-order valence-corrected chi connectivity index (χ1v) is 10.6. The number of benzene rings is 2. The predicted molar refractivity (Wildman–Crippen MR) is 107 cm³/mol. The summed E-state index contributed by atoms with van der Waals surface area (Å²) in [6, 6.07) is 15.9. The van der Waals surface area contributed by atoms with Crippen LogP contribution in [0.25, 0.3) is 11.5 Å². The average Bonchev–Trinajstić information content (AvgIpc) is 3.12. The number of hydrogen-bond acceptors (Lipinski definition) is 6. The smallest absolute Gasteiger partial charge is 0.306 e. The number of carbonyl (C=O) groups excluding carboxylic acids is 1. The molecule has 0 saturated heterocycles. The van der Waals surface area contributed by atoms with Crippen LogP contribution < -0.4 is 4.72 Å². The maximum absolute atomic E-state index is 12.1. The fourth-order valence-corrected chi connectivity index (χ4v) is 3.42. The van der Waals surface area contributed by atoms with Crippen LogP contribution in [-0.4, -0.2) is 26.4 Å². The van der Waals surface area contributed by atoms with Crippen LogP contribution in [0.2, 0.25) is 0 Å². The zero-order valence-electron chi connectivity index (χ0n) is 16.2. The van der Waals surface area contributed by atoms with E-state index in [9.17, 15) is 13.2 Å². The number of nitrogens with one attached hydrogen (secondary N) is 1. The Morgan fingerprint density at radius 1 is 1.10 bits per heavy atom. The van der Waals surface area contributed by atoms with Crippen molar-refractivity contribution >= 4 is 16.0 Å². The molecular formula is C21H22N2O5S. The van der Waals surface area contributed by atoms with Gasteiger partial charge < -0.3 is 9.15 Å². The Hall–Kier alpha value is -2.97. The first-order valence-electron chi connectivity index (χ1n) is 9.09. The highest BCUT2D eigenvalue weighted by atomic mass is 32.2. The number of aryl methyl sites for hydroxylation is 2. The van der Waals surface area contributed by atoms with Gasteiger partial charge in [0.15, 0.2) is 0 Å². The van der Waals surface area contributed by atoms with Crippen molar-refractivity contribution in [1.82, 2.24) is 9.71 Å². The molecular weight excluding hydrogens is 392 g/mol. The second-order valence-corrected chi connectivity index (χ2v) is 8.29. The summed E-state index contributed by atoms with van der Waals surface area (Å²) < 4.78 is 36.7. The number of aromatic nitrogens is 1. The monoisotopic (exact) mass is 414 g/mol. The van der Waals surface area contributed by atoms with Crippen LogP contribution in [0.1, 0.15) is 23.4 Å². The van der Waals surface area contributed by atoms with Gasteiger partial charge in [0.1, 0.15) is 18.1 Å². The molecule has 7 nitrogen and oxygen atoms in total. The van der Waals surface area contributed by atoms with E-state index in [1.165, 1.54) is 19.2 Å². The maximum atomic E-state index is 12.1. The third kappa shape index (κ3) is 5.30. The van der Waals surface area contributed by atoms with Crippen LogP contribution in [0, 0.1) is 6.92 Å². The van der Waals surface area contributed by atoms with Gasteiger partial charge in [0.25, 0.3) is 0 Å². The number of oxazole rings is 1. The van der Waals surface area contributed by atoms with Gasteiger partial charge >= 0.3 is 5.97 Å². The summed E-state index contributed by atoms with van der Waals surface area (Å²) in [5.74, 6) is 0.740. The lowest BCUT2D eigenvalue weighted by Crippen LogP contribution is -2.18. The molecule has 0 amide bonds. The van der Waals surface area contributed by atoms with Gasteiger partial charge in [-0.3, -0.25) is 4.79 Å². The van der Waals surface area contributed by atoms with Crippen molar-refractivity contribution in [3.8, 4) is 11.5 Å². The second kappa shape index (κ2) is 9.02. The molecule has 0 aliphatic heterocycles. The third-order valence-corrected chi connectivity index (χ3v) is 5.83. The van der Waals surface area contributed by atoms with E-state index in [1.807, 2.05) is 30.3 Å². The summed E-state index contributed by atoms with van der Waals surface area (Å²) >= 11 is 0. The van der Waals surface area contributed by atoms with Gasteiger partial charge in [0.05, 0.1) is 4.90 Å². The Labute approximate surface area is 169 Å². The lowest BCUT2D eigenvalue weighted by molar-refractivity contribution is -0.145. The normalized spacial score (nSPS) is 11.4. The van der Waals surface area contributed by atoms with E-state index < -0.39 is 10.0 Å². The summed E-state index contributed by atoms with van der Waals surface area (Å²) in [7, 11) is -2.11. The van der Waals surface area contributed by atoms with Crippen molar-refractivity contribution < 1.29 is 22.4 Å². The zero-order valence-corrected chi connectivity index (χ0v) is 17.0. The minimum atomic E-state index is -3.47. The van der Waals surface area contributed by atoms with Crippen molar-refractivity contribution in [1.29, 1.82) is 0 Å². The van der Waals surface area contributed by atoms with Crippen LogP contribution in [0.5, 0.6) is 0 Å². The molecule has 1 heterocycles. The molecule has 29 heavy (non-hydrogen) atoms. The molecule has 152 valence electrons. The van der Waals surface area contributed by atoms with Crippen LogP contribution in [-0.2, 0) is 32.6 Å². The molecule has 0 aliphatic carbocycles. The number of hydrogen-bond donors (Lipinski definition) is 1. The Bertz CT molecular complexity index is 1070. The number of sulfonamides is 1. The largest absolute Gasteiger partial charge is 0.459 e. The second-order valence-electron chi connectivity index (χ2n) is 6.40. The number of ether oxygens (including phenoxy) is 1. The van der Waals surface area contributed by atoms with E-state index in [2.05, 4.69) is 9.71 Å². The fourth-order valence-electron chi connectivity index (χ4n) is 2.69. The van der Waals surface area contributed by atoms with E-state index in [-0.39, 0.29) is 23.9 Å². The standard InChI is InChI=1S/C21H22N2O5S/c1-15-19(23-21(28-15)17-6-4-3-5-7-17)14-27-20(24)13-10-16-8-11-18(12-9-16)29(25,26)22-2/h3-9,11-12,22H,10,13-14H2,1-2H3. The molecule has 0 saturated carbocycles. The van der Waals surface area contributed by atoms with Gasteiger partial charge in [-0.15, -0.1) is 0 Å². The molecule has 1 aromatic heterocycles. The van der Waals surface area contributed by atoms with Crippen LogP contribution in [0.4, 0.5) is 0 Å². The molecule has 0 atom stereocenters. The van der Waals surface area contributed by atoms with Gasteiger partial charge in [0, 0.05) is 12.0 Å². The highest BCUT2D eigenvalue weighted by Gasteiger charge is 2.14. The van der Waals surface area contributed by atoms with Crippen molar-refractivity contribution in [2.45, 2.75) is 31.3 Å². The van der Waals surface area contributed by atoms with E-state index in [1.54, 1.807) is 19.1 Å². The lowest BCUT2D eigenvalue weighted by Gasteiger charge is -2.05. The summed E-state index contributed by atoms with van der Waals surface area (Å²) in [6.07, 6.45) is 0.631. The third-order valence-electron chi connectivity index (χ3n) is 4.40. The topological polar surface area (TPSA) is 98.5 Å². The van der Waals surface area contributed by atoms with Crippen LogP contribution in [0.15, 0.2) is 63.9 Å². The number of rotatable bonds is 8. The molecule has 0 fully saturated rings. The number of nitrogens with zero attached hydrogens (tertiary/aromatic N) is 1. The number of carbonyl (C=O) groups is 1. The van der Waals surface area contributed by atoms with Gasteiger partial charge in [0.2, 0.25) is 15.9 Å². The zero-order chi connectivity index (χ0) is 20.9. The summed E-state index contributed by atoms with van der Waals surface area (Å²) in [4.78, 5) is 16.7. The molecule has 3 aromatic rings. The molecule has 0 bridgehead atoms. The van der Waals surface area contributed by atoms with E-state index in [0.717, 1.165) is 11.1 Å². The molecule has 0 aliphatic rings. The average molecular weight is 414 g/mol. The molecule has 0 radical (unpaired) electrons. The molecule has 3 rings (SSSR count). The first-order chi connectivity index (χ1) is 13.9. The summed E-state index contributed by atoms with van der Waals surface area (Å²) in [5, 5.41) is 0. The molecule has 2 aromatic carbocycles. The summed E-state index contributed by atoms with van der Waals surface area (Å²) in [6.45, 7) is 1.82. The summed E-state index contributed by atoms with van der Waals surface area (Å²) in [5.41, 5.74) is 2.29. The van der Waals surface area contributed by atoms with Gasteiger partial charge in [-0.2, -0.15) is 0 Å². The van der Waals surface area contributed by atoms with Gasteiger partial charge in [-0.1, -0.05) is 30.3 Å². The SMILES string of the molecule is CNS(=O)(=O)c1ccc(CCC(=O)OCc2nc(-c3ccccc3)oc2C)cc1. The molecule has 1 N–H and O–H groups in total. The van der Waals surface area contributed by atoms with Crippen molar-refractivity contribution in [3.63, 3.8) is 0 Å². The van der Waals surface area contributed by atoms with E-state index in [4.69, 9.17) is 9.15 Å². The lowest BCUT2D eigenvalue weighted by atomic mass is 10.1. The highest BCUT2D eigenvalue weighted by Crippen LogP contribution is 2.22. The first kappa shape index (κ1) is 20.8. The Balaban J connectivity index is 1.52. The Morgan fingerprint density at radius 2 is 1.79 bits per heavy atom. The Morgan fingerprint density at radius 3 is 2.45 bits per heavy atom. The quantitative estimate of drug-likeness (QED) is 0.568. The minimum absolute atomic E-state index is 0.0420. The van der Waals surface area contributed by atoms with Crippen LogP contribution >= 0.6 is 0 Å². The molecule has 0 unspecified atom stereocenters. The predicted octanol–water partition coefficient (Wildman–Crippen LogP) is 3.23. The molecule has 8 heteroatoms. The van der Waals surface area contributed by atoms with Crippen LogP contribution in [0.3, 0.4) is 0 Å². The highest BCUT2D eigenvalue weighted by molar-refractivity contribution is 7.89. The van der Waals surface area contributed by atoms with Crippen molar-refractivity contribution in [2.24, 2.45) is 0 Å². The number of esters is 1. The van der Waals surface area contributed by atoms with Gasteiger partial charge in [-0.05, 0) is 50.2 Å². The maximum Gasteiger partial charge on any atom is 0.306 e. The van der Waals surface area contributed by atoms with E-state index in [0.29, 0.717) is 23.8 Å². The fraction of sp³-hybridized carbons (Fsp3) is 0.238. The Kier molecular flexibility index (Phi) is 6.46. The van der Waals surface area contributed by atoms with E-state index >= 15 is 0 Å². The van der Waals surface area contributed by atoms with Crippen molar-refractivity contribution in [3.05, 3.63) is 71.6 Å².